The van der Waals surface area contributed by atoms with Crippen LogP contribution in [0.1, 0.15) is 36.5 Å². The highest BCUT2D eigenvalue weighted by molar-refractivity contribution is 9.10. The molecule has 0 spiro atoms. The van der Waals surface area contributed by atoms with Gasteiger partial charge < -0.3 is 4.90 Å². The van der Waals surface area contributed by atoms with Crippen LogP contribution in [0.25, 0.3) is 0 Å². The molecule has 0 N–H and O–H groups in total. The fourth-order valence-electron chi connectivity index (χ4n) is 2.10. The molecule has 0 bridgehead atoms. The lowest BCUT2D eigenvalue weighted by Crippen LogP contribution is -2.30. The Morgan fingerprint density at radius 2 is 2.05 bits per heavy atom. The summed E-state index contributed by atoms with van der Waals surface area (Å²) in [5.41, 5.74) is 1.07. The molecule has 1 aromatic carbocycles. The standard InChI is InChI=1S/C14H14BrNO3/c1-2-10(17)4-3-7-16-12-8-9(15)5-6-11(12)13(18)14(16)19/h5-6,8H,2-4,7H2,1H3. The molecule has 1 heterocycles. The van der Waals surface area contributed by atoms with Gasteiger partial charge in [-0.15, -0.1) is 0 Å². The zero-order chi connectivity index (χ0) is 14.0. The lowest BCUT2D eigenvalue weighted by Gasteiger charge is -2.16. The van der Waals surface area contributed by atoms with E-state index in [1.54, 1.807) is 18.2 Å². The maximum absolute atomic E-state index is 11.9. The van der Waals surface area contributed by atoms with E-state index in [0.717, 1.165) is 4.47 Å². The number of hydrogen-bond donors (Lipinski definition) is 0. The molecule has 0 atom stereocenters. The second-order valence-corrected chi connectivity index (χ2v) is 5.36. The molecule has 0 aromatic heterocycles. The molecule has 1 aliphatic rings. The molecule has 0 fully saturated rings. The summed E-state index contributed by atoms with van der Waals surface area (Å²) in [6.45, 7) is 2.22. The predicted molar refractivity (Wildman–Crippen MR) is 75.4 cm³/mol. The van der Waals surface area contributed by atoms with Gasteiger partial charge in [-0.1, -0.05) is 22.9 Å². The fourth-order valence-corrected chi connectivity index (χ4v) is 2.45. The number of Topliss-reactive ketones (excluding diaryl/α,β-unsaturated/α-hetero) is 2. The summed E-state index contributed by atoms with van der Waals surface area (Å²) in [5, 5.41) is 0. The first-order valence-corrected chi connectivity index (χ1v) is 7.01. The average Bonchev–Trinajstić information content (AvgIpc) is 2.63. The Balaban J connectivity index is 2.14. The molecule has 0 unspecified atom stereocenters. The molecule has 0 saturated heterocycles. The minimum atomic E-state index is -0.503. The molecule has 0 radical (unpaired) electrons. The van der Waals surface area contributed by atoms with E-state index in [1.807, 2.05) is 6.92 Å². The Labute approximate surface area is 119 Å². The van der Waals surface area contributed by atoms with Crippen LogP contribution in [-0.2, 0) is 9.59 Å². The maximum Gasteiger partial charge on any atom is 0.299 e. The van der Waals surface area contributed by atoms with E-state index in [0.29, 0.717) is 37.1 Å². The Hall–Kier alpha value is -1.49. The largest absolute Gasteiger partial charge is 0.305 e. The number of rotatable bonds is 5. The van der Waals surface area contributed by atoms with Crippen molar-refractivity contribution in [2.24, 2.45) is 0 Å². The third kappa shape index (κ3) is 2.76. The Kier molecular flexibility index (Phi) is 4.14. The Morgan fingerprint density at radius 3 is 2.74 bits per heavy atom. The highest BCUT2D eigenvalue weighted by atomic mass is 79.9. The zero-order valence-corrected chi connectivity index (χ0v) is 12.2. The molecule has 1 aromatic rings. The number of ketones is 2. The molecule has 0 aliphatic carbocycles. The number of carbonyl (C=O) groups excluding carboxylic acids is 3. The van der Waals surface area contributed by atoms with E-state index in [1.165, 1.54) is 4.90 Å². The minimum Gasteiger partial charge on any atom is -0.305 e. The van der Waals surface area contributed by atoms with Gasteiger partial charge in [0.1, 0.15) is 5.78 Å². The normalized spacial score (nSPS) is 13.9. The van der Waals surface area contributed by atoms with Crippen LogP contribution in [0.15, 0.2) is 22.7 Å². The van der Waals surface area contributed by atoms with Crippen LogP contribution in [0, 0.1) is 0 Å². The first-order chi connectivity index (χ1) is 9.04. The molecular formula is C14H14BrNO3. The zero-order valence-electron chi connectivity index (χ0n) is 10.6. The van der Waals surface area contributed by atoms with Gasteiger partial charge in [-0.25, -0.2) is 0 Å². The number of carbonyl (C=O) groups is 3. The second-order valence-electron chi connectivity index (χ2n) is 4.44. The van der Waals surface area contributed by atoms with Gasteiger partial charge in [-0.05, 0) is 24.6 Å². The molecule has 4 nitrogen and oxygen atoms in total. The van der Waals surface area contributed by atoms with E-state index in [2.05, 4.69) is 15.9 Å². The van der Waals surface area contributed by atoms with Gasteiger partial charge in [0.15, 0.2) is 0 Å². The summed E-state index contributed by atoms with van der Waals surface area (Å²) in [7, 11) is 0. The van der Waals surface area contributed by atoms with Gasteiger partial charge in [-0.3, -0.25) is 14.4 Å². The quantitative estimate of drug-likeness (QED) is 0.783. The van der Waals surface area contributed by atoms with Gasteiger partial charge in [0.2, 0.25) is 0 Å². The number of nitrogens with zero attached hydrogens (tertiary/aromatic N) is 1. The third-order valence-corrected chi connectivity index (χ3v) is 3.66. The van der Waals surface area contributed by atoms with Crippen molar-refractivity contribution in [2.75, 3.05) is 11.4 Å². The number of fused-ring (bicyclic) bond motifs is 1. The van der Waals surface area contributed by atoms with Crippen LogP contribution in [0.3, 0.4) is 0 Å². The monoisotopic (exact) mass is 323 g/mol. The van der Waals surface area contributed by atoms with Crippen molar-refractivity contribution < 1.29 is 14.4 Å². The Morgan fingerprint density at radius 1 is 1.32 bits per heavy atom. The number of amides is 1. The highest BCUT2D eigenvalue weighted by Crippen LogP contribution is 2.31. The van der Waals surface area contributed by atoms with Gasteiger partial charge in [-0.2, -0.15) is 0 Å². The van der Waals surface area contributed by atoms with Crippen molar-refractivity contribution >= 4 is 39.1 Å². The molecule has 0 saturated carbocycles. The number of halogens is 1. The van der Waals surface area contributed by atoms with Crippen LogP contribution in [0.5, 0.6) is 0 Å². The smallest absolute Gasteiger partial charge is 0.299 e. The highest BCUT2D eigenvalue weighted by Gasteiger charge is 2.35. The van der Waals surface area contributed by atoms with E-state index in [-0.39, 0.29) is 5.78 Å². The topological polar surface area (TPSA) is 54.5 Å². The summed E-state index contributed by atoms with van der Waals surface area (Å²) in [5.74, 6) is -0.797. The summed E-state index contributed by atoms with van der Waals surface area (Å²) < 4.78 is 0.823. The maximum atomic E-state index is 11.9. The van der Waals surface area contributed by atoms with Crippen molar-refractivity contribution in [3.8, 4) is 0 Å². The molecular weight excluding hydrogens is 310 g/mol. The summed E-state index contributed by atoms with van der Waals surface area (Å²) in [6.07, 6.45) is 1.53. The van der Waals surface area contributed by atoms with Gasteiger partial charge in [0.05, 0.1) is 11.3 Å². The van der Waals surface area contributed by atoms with E-state index < -0.39 is 11.7 Å². The van der Waals surface area contributed by atoms with Crippen molar-refractivity contribution in [3.05, 3.63) is 28.2 Å². The van der Waals surface area contributed by atoms with Crippen molar-refractivity contribution in [1.82, 2.24) is 0 Å². The molecule has 1 aliphatic heterocycles. The third-order valence-electron chi connectivity index (χ3n) is 3.17. The van der Waals surface area contributed by atoms with Crippen LogP contribution >= 0.6 is 15.9 Å². The summed E-state index contributed by atoms with van der Waals surface area (Å²) >= 11 is 3.33. The van der Waals surface area contributed by atoms with Crippen molar-refractivity contribution in [3.63, 3.8) is 0 Å². The van der Waals surface area contributed by atoms with Crippen LogP contribution in [0.2, 0.25) is 0 Å². The molecule has 19 heavy (non-hydrogen) atoms. The SMILES string of the molecule is CCC(=O)CCCN1C(=O)C(=O)c2ccc(Br)cc21. The number of anilines is 1. The average molecular weight is 324 g/mol. The van der Waals surface area contributed by atoms with E-state index >= 15 is 0 Å². The van der Waals surface area contributed by atoms with E-state index in [9.17, 15) is 14.4 Å². The lowest BCUT2D eigenvalue weighted by atomic mass is 10.1. The minimum absolute atomic E-state index is 0.174. The second kappa shape index (κ2) is 5.65. The van der Waals surface area contributed by atoms with Gasteiger partial charge in [0.25, 0.3) is 11.7 Å². The first-order valence-electron chi connectivity index (χ1n) is 6.22. The lowest BCUT2D eigenvalue weighted by molar-refractivity contribution is -0.119. The van der Waals surface area contributed by atoms with Crippen LogP contribution < -0.4 is 4.90 Å². The first kappa shape index (κ1) is 13.9. The molecule has 100 valence electrons. The molecule has 1 amide bonds. The van der Waals surface area contributed by atoms with Gasteiger partial charge >= 0.3 is 0 Å². The summed E-state index contributed by atoms with van der Waals surface area (Å²) in [4.78, 5) is 36.4. The van der Waals surface area contributed by atoms with Crippen LogP contribution in [-0.4, -0.2) is 24.0 Å². The fraction of sp³-hybridized carbons (Fsp3) is 0.357. The molecule has 2 rings (SSSR count). The Bertz CT molecular complexity index is 554. The van der Waals surface area contributed by atoms with Crippen LogP contribution in [0.4, 0.5) is 5.69 Å². The van der Waals surface area contributed by atoms with Crippen molar-refractivity contribution in [1.29, 1.82) is 0 Å². The molecule has 5 heteroatoms. The van der Waals surface area contributed by atoms with Gasteiger partial charge in [0, 0.05) is 23.9 Å². The number of hydrogen-bond acceptors (Lipinski definition) is 3. The summed E-state index contributed by atoms with van der Waals surface area (Å²) in [6, 6.07) is 5.16. The van der Waals surface area contributed by atoms with Crippen molar-refractivity contribution in [2.45, 2.75) is 26.2 Å². The van der Waals surface area contributed by atoms with E-state index in [4.69, 9.17) is 0 Å². The number of benzene rings is 1. The predicted octanol–water partition coefficient (Wildman–Crippen LogP) is 2.74.